The Morgan fingerprint density at radius 2 is 2.27 bits per heavy atom. The molecule has 3 N–H and O–H groups in total. The van der Waals surface area contributed by atoms with Crippen LogP contribution in [0.3, 0.4) is 0 Å². The van der Waals surface area contributed by atoms with Crippen molar-refractivity contribution in [1.29, 1.82) is 0 Å². The quantitative estimate of drug-likeness (QED) is 0.828. The molecular weight excluding hydrogens is 326 g/mol. The molecule has 0 amide bonds. The summed E-state index contributed by atoms with van der Waals surface area (Å²) in [7, 11) is 2.00. The van der Waals surface area contributed by atoms with E-state index in [9.17, 15) is 0 Å². The molecule has 2 aromatic rings. The van der Waals surface area contributed by atoms with Crippen molar-refractivity contribution in [2.24, 2.45) is 7.05 Å². The van der Waals surface area contributed by atoms with Crippen LogP contribution in [0, 0.1) is 12.3 Å². The van der Waals surface area contributed by atoms with Crippen molar-refractivity contribution in [2.45, 2.75) is 38.8 Å². The van der Waals surface area contributed by atoms with E-state index in [1.54, 1.807) is 0 Å². The highest BCUT2D eigenvalue weighted by Crippen LogP contribution is 2.39. The molecule has 4 rings (SSSR count). The Morgan fingerprint density at radius 1 is 1.46 bits per heavy atom. The third-order valence-electron chi connectivity index (χ3n) is 5.50. The fourth-order valence-corrected chi connectivity index (χ4v) is 4.10. The van der Waals surface area contributed by atoms with E-state index in [1.807, 2.05) is 11.7 Å². The molecular formula is C19H25N7. The van der Waals surface area contributed by atoms with Gasteiger partial charge in [0, 0.05) is 44.0 Å². The topological polar surface area (TPSA) is 79.0 Å². The van der Waals surface area contributed by atoms with E-state index in [0.717, 1.165) is 41.4 Å². The van der Waals surface area contributed by atoms with E-state index >= 15 is 0 Å². The number of aryl methyl sites for hydroxylation is 1. The van der Waals surface area contributed by atoms with Gasteiger partial charge in [0.15, 0.2) is 5.82 Å². The Morgan fingerprint density at radius 3 is 2.92 bits per heavy atom. The lowest BCUT2D eigenvalue weighted by Crippen LogP contribution is -2.28. The van der Waals surface area contributed by atoms with Gasteiger partial charge in [-0.25, -0.2) is 0 Å². The molecule has 136 valence electrons. The number of nitrogens with zero attached hydrogens (tertiary/aromatic N) is 5. The summed E-state index contributed by atoms with van der Waals surface area (Å²) < 4.78 is 1.96. The van der Waals surface area contributed by atoms with Crippen LogP contribution in [0.15, 0.2) is 12.3 Å². The Kier molecular flexibility index (Phi) is 3.91. The molecule has 4 heterocycles. The van der Waals surface area contributed by atoms with E-state index < -0.39 is 0 Å². The second kappa shape index (κ2) is 6.13. The summed E-state index contributed by atoms with van der Waals surface area (Å²) in [6.45, 7) is 6.20. The number of hydrogen-bond donors (Lipinski definition) is 2. The number of aromatic amines is 1. The molecule has 1 saturated heterocycles. The number of hydrogen-bond acceptors (Lipinski definition) is 5. The van der Waals surface area contributed by atoms with Crippen molar-refractivity contribution in [3.8, 4) is 12.3 Å². The molecule has 26 heavy (non-hydrogen) atoms. The normalized spacial score (nSPS) is 22.3. The van der Waals surface area contributed by atoms with Gasteiger partial charge in [-0.05, 0) is 26.7 Å². The number of nitrogens with two attached hydrogens (primary N) is 1. The predicted molar refractivity (Wildman–Crippen MR) is 103 cm³/mol. The largest absolute Gasteiger partial charge is 0.382 e. The van der Waals surface area contributed by atoms with Crippen molar-refractivity contribution in [2.75, 3.05) is 23.7 Å². The summed E-state index contributed by atoms with van der Waals surface area (Å²) >= 11 is 0. The minimum atomic E-state index is -0.209. The van der Waals surface area contributed by atoms with Crippen LogP contribution >= 0.6 is 0 Å². The van der Waals surface area contributed by atoms with Gasteiger partial charge in [-0.2, -0.15) is 10.2 Å². The number of H-pyrrole nitrogens is 1. The van der Waals surface area contributed by atoms with E-state index in [0.29, 0.717) is 11.9 Å². The van der Waals surface area contributed by atoms with Crippen molar-refractivity contribution in [3.05, 3.63) is 29.2 Å². The molecule has 0 spiro atoms. The highest BCUT2D eigenvalue weighted by Gasteiger charge is 2.32. The maximum atomic E-state index is 6.11. The molecule has 0 aromatic carbocycles. The Hall–Kier alpha value is -2.88. The molecule has 0 saturated carbocycles. The minimum Gasteiger partial charge on any atom is -0.382 e. The third kappa shape index (κ3) is 2.37. The number of nitrogen functional groups attached to an aromatic ring is 1. The molecule has 7 nitrogen and oxygen atoms in total. The SMILES string of the molecule is C#CC1c2c(N)n[nH]c2C(c2cc(N3CCCC3C)n(C)n2)=CN1CC. The zero-order chi connectivity index (χ0) is 18.4. The summed E-state index contributed by atoms with van der Waals surface area (Å²) in [6, 6.07) is 2.48. The van der Waals surface area contributed by atoms with Gasteiger partial charge in [0.05, 0.1) is 17.0 Å². The lowest BCUT2D eigenvalue weighted by Gasteiger charge is -2.31. The summed E-state index contributed by atoms with van der Waals surface area (Å²) in [5.74, 6) is 4.43. The van der Waals surface area contributed by atoms with Gasteiger partial charge in [0.2, 0.25) is 0 Å². The van der Waals surface area contributed by atoms with E-state index in [-0.39, 0.29) is 6.04 Å². The predicted octanol–water partition coefficient (Wildman–Crippen LogP) is 2.11. The maximum Gasteiger partial charge on any atom is 0.152 e. The number of nitrogens with one attached hydrogen (secondary N) is 1. The van der Waals surface area contributed by atoms with Crippen LogP contribution in [0.25, 0.3) is 5.57 Å². The smallest absolute Gasteiger partial charge is 0.152 e. The molecule has 2 unspecified atom stereocenters. The van der Waals surface area contributed by atoms with Crippen LogP contribution in [0.4, 0.5) is 11.6 Å². The van der Waals surface area contributed by atoms with Gasteiger partial charge >= 0.3 is 0 Å². The van der Waals surface area contributed by atoms with Gasteiger partial charge in [-0.1, -0.05) is 5.92 Å². The minimum absolute atomic E-state index is 0.209. The van der Waals surface area contributed by atoms with Gasteiger partial charge < -0.3 is 15.5 Å². The van der Waals surface area contributed by atoms with Crippen molar-refractivity contribution in [3.63, 3.8) is 0 Å². The molecule has 2 aromatic heterocycles. The third-order valence-corrected chi connectivity index (χ3v) is 5.50. The first-order valence-corrected chi connectivity index (χ1v) is 9.14. The molecule has 1 fully saturated rings. The lowest BCUT2D eigenvalue weighted by atomic mass is 9.95. The first-order valence-electron chi connectivity index (χ1n) is 9.14. The fourth-order valence-electron chi connectivity index (χ4n) is 4.10. The summed E-state index contributed by atoms with van der Waals surface area (Å²) in [5, 5.41) is 12.0. The second-order valence-electron chi connectivity index (χ2n) is 7.04. The fraction of sp³-hybridized carbons (Fsp3) is 0.474. The summed E-state index contributed by atoms with van der Waals surface area (Å²) in [4.78, 5) is 4.53. The van der Waals surface area contributed by atoms with Crippen LogP contribution in [-0.2, 0) is 7.05 Å². The van der Waals surface area contributed by atoms with Crippen LogP contribution in [0.1, 0.15) is 49.7 Å². The van der Waals surface area contributed by atoms with Crippen molar-refractivity contribution >= 4 is 17.2 Å². The number of terminal acetylenes is 1. The maximum absolute atomic E-state index is 6.11. The van der Waals surface area contributed by atoms with Crippen LogP contribution < -0.4 is 10.6 Å². The second-order valence-corrected chi connectivity index (χ2v) is 7.04. The molecule has 2 aliphatic heterocycles. The number of anilines is 2. The van der Waals surface area contributed by atoms with E-state index in [4.69, 9.17) is 17.3 Å². The summed E-state index contributed by atoms with van der Waals surface area (Å²) in [6.07, 6.45) is 10.3. The molecule has 7 heteroatoms. The number of aromatic nitrogens is 4. The zero-order valence-corrected chi connectivity index (χ0v) is 15.5. The first kappa shape index (κ1) is 16.6. The first-order chi connectivity index (χ1) is 12.5. The average molecular weight is 351 g/mol. The van der Waals surface area contributed by atoms with Gasteiger partial charge in [0.1, 0.15) is 11.9 Å². The highest BCUT2D eigenvalue weighted by atomic mass is 15.4. The van der Waals surface area contributed by atoms with Crippen LogP contribution in [-0.4, -0.2) is 44.0 Å². The molecule has 2 aliphatic rings. The number of rotatable bonds is 3. The Balaban J connectivity index is 1.80. The van der Waals surface area contributed by atoms with Gasteiger partial charge in [-0.15, -0.1) is 6.42 Å². The standard InChI is InChI=1S/C19H25N7/c1-5-15-17-18(21-22-19(17)20)13(11-25(15)6-2)14-10-16(24(4)23-14)26-9-7-8-12(26)3/h1,10-12,15H,6-9H2,2-4H3,(H3,20,21,22). The number of fused-ring (bicyclic) bond motifs is 1. The molecule has 2 atom stereocenters. The average Bonchev–Trinajstić information content (AvgIpc) is 3.33. The van der Waals surface area contributed by atoms with Gasteiger partial charge in [0.25, 0.3) is 0 Å². The van der Waals surface area contributed by atoms with Crippen LogP contribution in [0.2, 0.25) is 0 Å². The molecule has 0 radical (unpaired) electrons. The Labute approximate surface area is 153 Å². The van der Waals surface area contributed by atoms with Crippen molar-refractivity contribution in [1.82, 2.24) is 24.9 Å². The van der Waals surface area contributed by atoms with Crippen LogP contribution in [0.5, 0.6) is 0 Å². The Bertz CT molecular complexity index is 898. The molecule has 0 aliphatic carbocycles. The zero-order valence-electron chi connectivity index (χ0n) is 15.5. The van der Waals surface area contributed by atoms with Gasteiger partial charge in [-0.3, -0.25) is 9.78 Å². The monoisotopic (exact) mass is 351 g/mol. The van der Waals surface area contributed by atoms with E-state index in [1.165, 1.54) is 12.8 Å². The molecule has 0 bridgehead atoms. The van der Waals surface area contributed by atoms with Crippen molar-refractivity contribution < 1.29 is 0 Å². The van der Waals surface area contributed by atoms with E-state index in [2.05, 4.69) is 52.0 Å². The summed E-state index contributed by atoms with van der Waals surface area (Å²) in [5.41, 5.74) is 9.73. The highest BCUT2D eigenvalue weighted by molar-refractivity contribution is 5.82. The lowest BCUT2D eigenvalue weighted by molar-refractivity contribution is 0.348.